The molecule has 8 nitrogen and oxygen atoms in total. The first-order chi connectivity index (χ1) is 14.6. The second-order valence-electron chi connectivity index (χ2n) is 6.73. The van der Waals surface area contributed by atoms with E-state index in [1.165, 1.54) is 11.8 Å². The Hall–Kier alpha value is -3.20. The summed E-state index contributed by atoms with van der Waals surface area (Å²) >= 11 is 1.38. The second kappa shape index (κ2) is 8.66. The van der Waals surface area contributed by atoms with Gasteiger partial charge < -0.3 is 20.2 Å². The normalized spacial score (nSPS) is 17.6. The maximum Gasteiger partial charge on any atom is 0.240 e. The molecular formula is C21H23N5O3S. The van der Waals surface area contributed by atoms with Gasteiger partial charge in [-0.1, -0.05) is 30.0 Å². The fourth-order valence-corrected chi connectivity index (χ4v) is 4.39. The largest absolute Gasteiger partial charge is 0.497 e. The lowest BCUT2D eigenvalue weighted by Gasteiger charge is -2.32. The van der Waals surface area contributed by atoms with Crippen LogP contribution in [0.3, 0.4) is 0 Å². The molecule has 0 saturated heterocycles. The number of anilines is 1. The molecule has 0 bridgehead atoms. The standard InChI is InChI=1S/C21H23N5O3S/c1-4-29-16-10-8-14(9-11-16)18-19(30-21-24-23-13(2)26(21)25-18)20(27)22-15-6-5-7-17(12-15)28-3/h5-12,18-19,25H,4H2,1-3H3,(H,22,27)/t18-,19-/m0/s1. The lowest BCUT2D eigenvalue weighted by atomic mass is 10.0. The average molecular weight is 426 g/mol. The highest BCUT2D eigenvalue weighted by Crippen LogP contribution is 2.38. The van der Waals surface area contributed by atoms with Crippen molar-refractivity contribution in [2.45, 2.75) is 30.3 Å². The molecule has 1 aromatic heterocycles. The van der Waals surface area contributed by atoms with Gasteiger partial charge in [-0.25, -0.2) is 4.68 Å². The number of rotatable bonds is 6. The summed E-state index contributed by atoms with van der Waals surface area (Å²) in [5, 5.41) is 11.5. The molecule has 0 fully saturated rings. The van der Waals surface area contributed by atoms with Gasteiger partial charge in [0.2, 0.25) is 11.1 Å². The molecular weight excluding hydrogens is 402 g/mol. The lowest BCUT2D eigenvalue weighted by Crippen LogP contribution is -2.41. The number of fused-ring (bicyclic) bond motifs is 1. The van der Waals surface area contributed by atoms with Crippen molar-refractivity contribution in [3.8, 4) is 11.5 Å². The number of benzene rings is 2. The van der Waals surface area contributed by atoms with Crippen LogP contribution >= 0.6 is 11.8 Å². The number of methoxy groups -OCH3 is 1. The maximum atomic E-state index is 13.2. The second-order valence-corrected chi connectivity index (χ2v) is 7.84. The molecule has 3 aromatic rings. The number of hydrogen-bond donors (Lipinski definition) is 2. The summed E-state index contributed by atoms with van der Waals surface area (Å²) in [4.78, 5) is 13.2. The molecule has 0 radical (unpaired) electrons. The van der Waals surface area contributed by atoms with Gasteiger partial charge in [0, 0.05) is 11.8 Å². The molecule has 2 aromatic carbocycles. The fourth-order valence-electron chi connectivity index (χ4n) is 3.26. The van der Waals surface area contributed by atoms with Crippen molar-refractivity contribution < 1.29 is 14.3 Å². The number of nitrogens with one attached hydrogen (secondary N) is 2. The molecule has 2 atom stereocenters. The van der Waals surface area contributed by atoms with Crippen LogP contribution in [0.1, 0.15) is 24.4 Å². The highest BCUT2D eigenvalue weighted by atomic mass is 32.2. The van der Waals surface area contributed by atoms with E-state index in [-0.39, 0.29) is 11.9 Å². The third kappa shape index (κ3) is 4.06. The van der Waals surface area contributed by atoms with Gasteiger partial charge in [-0.15, -0.1) is 10.2 Å². The Morgan fingerprint density at radius 3 is 2.73 bits per heavy atom. The van der Waals surface area contributed by atoms with Crippen LogP contribution < -0.4 is 20.2 Å². The van der Waals surface area contributed by atoms with Crippen molar-refractivity contribution in [1.82, 2.24) is 14.9 Å². The Kier molecular flexibility index (Phi) is 5.80. The predicted molar refractivity (Wildman–Crippen MR) is 116 cm³/mol. The van der Waals surface area contributed by atoms with Crippen LogP contribution in [0.4, 0.5) is 5.69 Å². The van der Waals surface area contributed by atoms with Crippen molar-refractivity contribution in [3.63, 3.8) is 0 Å². The van der Waals surface area contributed by atoms with Gasteiger partial charge in [0.1, 0.15) is 22.6 Å². The molecule has 2 N–H and O–H groups in total. The molecule has 2 heterocycles. The number of carbonyl (C=O) groups excluding carboxylic acids is 1. The monoisotopic (exact) mass is 425 g/mol. The Bertz CT molecular complexity index is 1040. The molecule has 156 valence electrons. The van der Waals surface area contributed by atoms with Crippen LogP contribution in [0.25, 0.3) is 0 Å². The third-order valence-corrected chi connectivity index (χ3v) is 5.96. The minimum absolute atomic E-state index is 0.133. The van der Waals surface area contributed by atoms with E-state index in [1.807, 2.05) is 61.0 Å². The minimum atomic E-state index is -0.453. The highest BCUT2D eigenvalue weighted by molar-refractivity contribution is 8.00. The van der Waals surface area contributed by atoms with Gasteiger partial charge >= 0.3 is 0 Å². The Morgan fingerprint density at radius 1 is 1.20 bits per heavy atom. The van der Waals surface area contributed by atoms with Crippen LogP contribution in [0.15, 0.2) is 53.7 Å². The molecule has 0 spiro atoms. The van der Waals surface area contributed by atoms with Crippen molar-refractivity contribution in [1.29, 1.82) is 0 Å². The minimum Gasteiger partial charge on any atom is -0.497 e. The Morgan fingerprint density at radius 2 is 2.00 bits per heavy atom. The van der Waals surface area contributed by atoms with Crippen molar-refractivity contribution in [3.05, 3.63) is 59.9 Å². The zero-order valence-electron chi connectivity index (χ0n) is 17.0. The average Bonchev–Trinajstić information content (AvgIpc) is 3.13. The molecule has 1 aliphatic rings. The number of aryl methyl sites for hydroxylation is 1. The van der Waals surface area contributed by atoms with Gasteiger partial charge in [0.25, 0.3) is 0 Å². The van der Waals surface area contributed by atoms with E-state index in [1.54, 1.807) is 13.2 Å². The summed E-state index contributed by atoms with van der Waals surface area (Å²) in [5.41, 5.74) is 5.04. The van der Waals surface area contributed by atoms with Gasteiger partial charge in [-0.2, -0.15) is 0 Å². The first-order valence-corrected chi connectivity index (χ1v) is 10.5. The quantitative estimate of drug-likeness (QED) is 0.626. The van der Waals surface area contributed by atoms with E-state index < -0.39 is 5.25 Å². The van der Waals surface area contributed by atoms with E-state index in [0.717, 1.165) is 17.1 Å². The smallest absolute Gasteiger partial charge is 0.240 e. The molecule has 9 heteroatoms. The topological polar surface area (TPSA) is 90.3 Å². The van der Waals surface area contributed by atoms with Crippen LogP contribution in [0.2, 0.25) is 0 Å². The van der Waals surface area contributed by atoms with Gasteiger partial charge in [-0.3, -0.25) is 4.79 Å². The number of carbonyl (C=O) groups is 1. The van der Waals surface area contributed by atoms with E-state index in [4.69, 9.17) is 9.47 Å². The molecule has 1 aliphatic heterocycles. The highest BCUT2D eigenvalue weighted by Gasteiger charge is 2.37. The van der Waals surface area contributed by atoms with Gasteiger partial charge in [-0.05, 0) is 43.7 Å². The molecule has 0 unspecified atom stereocenters. The zero-order valence-corrected chi connectivity index (χ0v) is 17.8. The van der Waals surface area contributed by atoms with Gasteiger partial charge in [0.15, 0.2) is 0 Å². The van der Waals surface area contributed by atoms with E-state index in [9.17, 15) is 4.79 Å². The molecule has 1 amide bonds. The van der Waals surface area contributed by atoms with Crippen LogP contribution in [0, 0.1) is 6.92 Å². The molecule has 4 rings (SSSR count). The third-order valence-electron chi connectivity index (χ3n) is 4.74. The summed E-state index contributed by atoms with van der Waals surface area (Å²) < 4.78 is 12.6. The van der Waals surface area contributed by atoms with Crippen molar-refractivity contribution >= 4 is 23.4 Å². The van der Waals surface area contributed by atoms with Crippen LogP contribution in [0.5, 0.6) is 11.5 Å². The van der Waals surface area contributed by atoms with Crippen LogP contribution in [-0.2, 0) is 4.79 Å². The summed E-state index contributed by atoms with van der Waals surface area (Å²) in [5.74, 6) is 2.08. The maximum absolute atomic E-state index is 13.2. The Labute approximate surface area is 179 Å². The molecule has 0 saturated carbocycles. The first kappa shape index (κ1) is 20.1. The number of thioether (sulfide) groups is 1. The number of aromatic nitrogens is 3. The summed E-state index contributed by atoms with van der Waals surface area (Å²) in [6, 6.07) is 14.8. The van der Waals surface area contributed by atoms with Crippen LogP contribution in [-0.4, -0.2) is 39.7 Å². The Balaban J connectivity index is 1.62. The number of hydrogen-bond acceptors (Lipinski definition) is 7. The summed E-state index contributed by atoms with van der Waals surface area (Å²) in [6.07, 6.45) is 0. The first-order valence-electron chi connectivity index (χ1n) is 9.62. The van der Waals surface area contributed by atoms with Gasteiger partial charge in [0.05, 0.1) is 19.8 Å². The van der Waals surface area contributed by atoms with Crippen molar-refractivity contribution in [2.24, 2.45) is 0 Å². The molecule has 0 aliphatic carbocycles. The lowest BCUT2D eigenvalue weighted by molar-refractivity contribution is -0.116. The number of ether oxygens (including phenoxy) is 2. The molecule has 30 heavy (non-hydrogen) atoms. The zero-order chi connectivity index (χ0) is 21.1. The van der Waals surface area contributed by atoms with E-state index in [2.05, 4.69) is 20.9 Å². The predicted octanol–water partition coefficient (Wildman–Crippen LogP) is 3.39. The van der Waals surface area contributed by atoms with E-state index >= 15 is 0 Å². The number of amides is 1. The van der Waals surface area contributed by atoms with E-state index in [0.29, 0.717) is 23.2 Å². The fraction of sp³-hybridized carbons (Fsp3) is 0.286. The summed E-state index contributed by atoms with van der Waals surface area (Å²) in [6.45, 7) is 4.42. The SMILES string of the molecule is CCOc1ccc([C@@H]2Nn3c(C)nnc3S[C@@H]2C(=O)Nc2cccc(OC)c2)cc1. The summed E-state index contributed by atoms with van der Waals surface area (Å²) in [7, 11) is 1.60. The van der Waals surface area contributed by atoms with Crippen molar-refractivity contribution in [2.75, 3.05) is 24.5 Å². The number of nitrogens with zero attached hydrogens (tertiary/aromatic N) is 3.